The van der Waals surface area contributed by atoms with Crippen molar-refractivity contribution in [2.45, 2.75) is 39.3 Å². The van der Waals surface area contributed by atoms with Crippen LogP contribution in [0.15, 0.2) is 6.20 Å². The molecule has 1 fully saturated rings. The fourth-order valence-electron chi connectivity index (χ4n) is 1.59. The van der Waals surface area contributed by atoms with Gasteiger partial charge in [-0.25, -0.2) is 4.98 Å². The van der Waals surface area contributed by atoms with Crippen LogP contribution in [0.5, 0.6) is 0 Å². The summed E-state index contributed by atoms with van der Waals surface area (Å²) in [5.74, 6) is 2.39. The molecule has 0 spiro atoms. The van der Waals surface area contributed by atoms with E-state index in [1.807, 2.05) is 20.0 Å². The monoisotopic (exact) mass is 241 g/mol. The Bertz CT molecular complexity index is 385. The van der Waals surface area contributed by atoms with Crippen LogP contribution in [0.4, 0.5) is 5.95 Å². The van der Waals surface area contributed by atoms with Gasteiger partial charge in [-0.05, 0) is 19.8 Å². The number of aromatic nitrogens is 2. The Labute approximate surface area is 98.9 Å². The number of nitrogens with one attached hydrogen (secondary N) is 1. The minimum absolute atomic E-state index is 0.609. The molecule has 1 heterocycles. The second-order valence-electron chi connectivity index (χ2n) is 4.25. The SMILES string of the molecule is CCS(=O)CCn1cc(C)nc1NC1CC1. The number of nitrogens with zero attached hydrogens (tertiary/aromatic N) is 2. The second kappa shape index (κ2) is 4.99. The van der Waals surface area contributed by atoms with Crippen molar-refractivity contribution in [2.24, 2.45) is 0 Å². The van der Waals surface area contributed by atoms with E-state index < -0.39 is 10.8 Å². The topological polar surface area (TPSA) is 46.9 Å². The van der Waals surface area contributed by atoms with E-state index in [4.69, 9.17) is 0 Å². The fraction of sp³-hybridized carbons (Fsp3) is 0.727. The van der Waals surface area contributed by atoms with Crippen LogP contribution >= 0.6 is 0 Å². The molecule has 4 nitrogen and oxygen atoms in total. The Balaban J connectivity index is 1.97. The molecule has 2 rings (SSSR count). The molecular weight excluding hydrogens is 222 g/mol. The molecule has 0 bridgehead atoms. The molecule has 16 heavy (non-hydrogen) atoms. The maximum Gasteiger partial charge on any atom is 0.203 e. The lowest BCUT2D eigenvalue weighted by molar-refractivity contribution is 0.674. The summed E-state index contributed by atoms with van der Waals surface area (Å²) in [6.07, 6.45) is 4.51. The molecule has 1 unspecified atom stereocenters. The molecule has 0 radical (unpaired) electrons. The van der Waals surface area contributed by atoms with Crippen LogP contribution in [0.2, 0.25) is 0 Å². The summed E-state index contributed by atoms with van der Waals surface area (Å²) in [5, 5.41) is 3.40. The van der Waals surface area contributed by atoms with Crippen molar-refractivity contribution in [3.63, 3.8) is 0 Å². The highest BCUT2D eigenvalue weighted by atomic mass is 32.2. The van der Waals surface area contributed by atoms with Gasteiger partial charge in [0.15, 0.2) is 0 Å². The highest BCUT2D eigenvalue weighted by Gasteiger charge is 2.22. The zero-order valence-corrected chi connectivity index (χ0v) is 10.7. The van der Waals surface area contributed by atoms with Crippen LogP contribution in [-0.4, -0.2) is 31.3 Å². The highest BCUT2D eigenvalue weighted by molar-refractivity contribution is 7.84. The number of aryl methyl sites for hydroxylation is 2. The summed E-state index contributed by atoms with van der Waals surface area (Å²) in [7, 11) is -0.700. The average Bonchev–Trinajstić information content (AvgIpc) is 2.99. The van der Waals surface area contributed by atoms with Crippen molar-refractivity contribution < 1.29 is 4.21 Å². The first kappa shape index (κ1) is 11.6. The second-order valence-corrected chi connectivity index (χ2v) is 6.12. The van der Waals surface area contributed by atoms with Gasteiger partial charge in [0, 0.05) is 41.1 Å². The Kier molecular flexibility index (Phi) is 3.63. The maximum absolute atomic E-state index is 11.4. The van der Waals surface area contributed by atoms with E-state index in [0.717, 1.165) is 23.9 Å². The summed E-state index contributed by atoms with van der Waals surface area (Å²) < 4.78 is 13.5. The maximum atomic E-state index is 11.4. The van der Waals surface area contributed by atoms with E-state index in [0.29, 0.717) is 11.8 Å². The van der Waals surface area contributed by atoms with Crippen LogP contribution in [-0.2, 0) is 17.3 Å². The number of hydrogen-bond donors (Lipinski definition) is 1. The molecule has 0 amide bonds. The van der Waals surface area contributed by atoms with Gasteiger partial charge in [0.05, 0.1) is 5.69 Å². The van der Waals surface area contributed by atoms with Crippen molar-refractivity contribution >= 4 is 16.7 Å². The van der Waals surface area contributed by atoms with E-state index in [1.54, 1.807) is 0 Å². The third-order valence-corrected chi connectivity index (χ3v) is 3.97. The predicted octanol–water partition coefficient (Wildman–Crippen LogP) is 1.53. The first-order valence-corrected chi connectivity index (χ1v) is 7.33. The summed E-state index contributed by atoms with van der Waals surface area (Å²) in [4.78, 5) is 4.45. The molecule has 5 heteroatoms. The van der Waals surface area contributed by atoms with Gasteiger partial charge in [0.1, 0.15) is 0 Å². The smallest absolute Gasteiger partial charge is 0.203 e. The molecular formula is C11H19N3OS. The van der Waals surface area contributed by atoms with Gasteiger partial charge in [-0.3, -0.25) is 4.21 Å². The quantitative estimate of drug-likeness (QED) is 0.821. The van der Waals surface area contributed by atoms with Crippen LogP contribution in [0.25, 0.3) is 0 Å². The number of anilines is 1. The Hall–Kier alpha value is -0.840. The molecule has 1 aromatic heterocycles. The van der Waals surface area contributed by atoms with Crippen molar-refractivity contribution in [2.75, 3.05) is 16.8 Å². The molecule has 1 atom stereocenters. The van der Waals surface area contributed by atoms with Crippen molar-refractivity contribution in [1.82, 2.24) is 9.55 Å². The standard InChI is InChI=1S/C11H19N3OS/c1-3-16(15)7-6-14-8-9(2)12-11(14)13-10-4-5-10/h8,10H,3-7H2,1-2H3,(H,12,13). The molecule has 0 saturated heterocycles. The molecule has 90 valence electrons. The minimum Gasteiger partial charge on any atom is -0.353 e. The number of hydrogen-bond acceptors (Lipinski definition) is 3. The van der Waals surface area contributed by atoms with Crippen LogP contribution in [0.1, 0.15) is 25.5 Å². The van der Waals surface area contributed by atoms with Crippen molar-refractivity contribution in [3.05, 3.63) is 11.9 Å². The van der Waals surface area contributed by atoms with E-state index in [-0.39, 0.29) is 0 Å². The summed E-state index contributed by atoms with van der Waals surface area (Å²) in [6.45, 7) is 4.74. The first-order valence-electron chi connectivity index (χ1n) is 5.84. The zero-order chi connectivity index (χ0) is 11.5. The normalized spacial score (nSPS) is 17.4. The summed E-state index contributed by atoms with van der Waals surface area (Å²) in [6, 6.07) is 0.609. The fourth-order valence-corrected chi connectivity index (χ4v) is 2.28. The first-order chi connectivity index (χ1) is 7.69. The van der Waals surface area contributed by atoms with E-state index in [1.165, 1.54) is 12.8 Å². The molecule has 0 aromatic carbocycles. The lowest BCUT2D eigenvalue weighted by Crippen LogP contribution is -2.13. The summed E-state index contributed by atoms with van der Waals surface area (Å²) in [5.41, 5.74) is 1.02. The van der Waals surface area contributed by atoms with Crippen molar-refractivity contribution in [1.29, 1.82) is 0 Å². The number of imidazole rings is 1. The van der Waals surface area contributed by atoms with E-state index in [2.05, 4.69) is 14.9 Å². The van der Waals surface area contributed by atoms with Crippen molar-refractivity contribution in [3.8, 4) is 0 Å². The third-order valence-electron chi connectivity index (χ3n) is 2.69. The van der Waals surface area contributed by atoms with Gasteiger partial charge in [0.2, 0.25) is 5.95 Å². The third kappa shape index (κ3) is 3.07. The molecule has 1 aliphatic rings. The van der Waals surface area contributed by atoms with Gasteiger partial charge < -0.3 is 9.88 Å². The van der Waals surface area contributed by atoms with Gasteiger partial charge in [0.25, 0.3) is 0 Å². The lowest BCUT2D eigenvalue weighted by atomic mass is 10.6. The van der Waals surface area contributed by atoms with E-state index >= 15 is 0 Å². The molecule has 1 aliphatic carbocycles. The Morgan fingerprint density at radius 3 is 3.00 bits per heavy atom. The molecule has 1 saturated carbocycles. The lowest BCUT2D eigenvalue weighted by Gasteiger charge is -2.08. The summed E-state index contributed by atoms with van der Waals surface area (Å²) >= 11 is 0. The van der Waals surface area contributed by atoms with Crippen LogP contribution in [0.3, 0.4) is 0 Å². The highest BCUT2D eigenvalue weighted by Crippen LogP contribution is 2.24. The van der Waals surface area contributed by atoms with Gasteiger partial charge in [-0.1, -0.05) is 6.92 Å². The van der Waals surface area contributed by atoms with Crippen LogP contribution < -0.4 is 5.32 Å². The predicted molar refractivity (Wildman–Crippen MR) is 67.2 cm³/mol. The average molecular weight is 241 g/mol. The van der Waals surface area contributed by atoms with Gasteiger partial charge in [-0.15, -0.1) is 0 Å². The zero-order valence-electron chi connectivity index (χ0n) is 9.90. The van der Waals surface area contributed by atoms with Crippen LogP contribution in [0, 0.1) is 6.92 Å². The Morgan fingerprint density at radius 2 is 2.38 bits per heavy atom. The molecule has 0 aliphatic heterocycles. The van der Waals surface area contributed by atoms with Gasteiger partial charge in [-0.2, -0.15) is 0 Å². The molecule has 1 N–H and O–H groups in total. The molecule has 1 aromatic rings. The Morgan fingerprint density at radius 1 is 1.62 bits per heavy atom. The largest absolute Gasteiger partial charge is 0.353 e. The number of rotatable bonds is 6. The minimum atomic E-state index is -0.700. The van der Waals surface area contributed by atoms with E-state index in [9.17, 15) is 4.21 Å². The van der Waals surface area contributed by atoms with Gasteiger partial charge >= 0.3 is 0 Å².